The Morgan fingerprint density at radius 2 is 2.00 bits per heavy atom. The molecule has 0 spiro atoms. The number of nitro groups is 1. The summed E-state index contributed by atoms with van der Waals surface area (Å²) in [6.07, 6.45) is 0.211. The molecule has 0 aliphatic rings. The quantitative estimate of drug-likeness (QED) is 0.431. The van der Waals surface area contributed by atoms with Gasteiger partial charge in [-0.1, -0.05) is 13.8 Å². The minimum Gasteiger partial charge on any atom is -0.465 e. The van der Waals surface area contributed by atoms with Gasteiger partial charge in [-0.2, -0.15) is 0 Å². The summed E-state index contributed by atoms with van der Waals surface area (Å²) in [6, 6.07) is 6.07. The lowest BCUT2D eigenvalue weighted by Crippen LogP contribution is -2.22. The maximum atomic E-state index is 12.6. The van der Waals surface area contributed by atoms with Crippen molar-refractivity contribution in [2.45, 2.75) is 39.5 Å². The lowest BCUT2D eigenvalue weighted by atomic mass is 9.91. The van der Waals surface area contributed by atoms with E-state index in [0.29, 0.717) is 22.2 Å². The van der Waals surface area contributed by atoms with Crippen molar-refractivity contribution in [3.63, 3.8) is 0 Å². The van der Waals surface area contributed by atoms with Crippen LogP contribution in [-0.4, -0.2) is 28.4 Å². The van der Waals surface area contributed by atoms with Crippen molar-refractivity contribution >= 4 is 28.5 Å². The summed E-state index contributed by atoms with van der Waals surface area (Å²) in [5.74, 6) is -1.52. The van der Waals surface area contributed by atoms with Crippen LogP contribution >= 0.6 is 0 Å². The van der Waals surface area contributed by atoms with E-state index in [2.05, 4.69) is 4.98 Å². The number of aromatic nitrogens is 1. The number of esters is 1. The van der Waals surface area contributed by atoms with Crippen LogP contribution in [0.2, 0.25) is 0 Å². The van der Waals surface area contributed by atoms with Crippen LogP contribution in [0, 0.1) is 23.0 Å². The van der Waals surface area contributed by atoms with E-state index in [1.807, 2.05) is 13.8 Å². The van der Waals surface area contributed by atoms with Gasteiger partial charge in [0.25, 0.3) is 5.69 Å². The summed E-state index contributed by atoms with van der Waals surface area (Å²) in [4.78, 5) is 38.8. The van der Waals surface area contributed by atoms with E-state index in [0.717, 1.165) is 0 Å². The number of aryl methyl sites for hydroxylation is 1. The zero-order valence-electron chi connectivity index (χ0n) is 15.6. The monoisotopic (exact) mass is 373 g/mol. The van der Waals surface area contributed by atoms with Crippen LogP contribution in [0.5, 0.6) is 0 Å². The maximum absolute atomic E-state index is 12.6. The largest absolute Gasteiger partial charge is 0.465 e. The van der Waals surface area contributed by atoms with Crippen molar-refractivity contribution in [3.05, 3.63) is 45.6 Å². The second-order valence-corrected chi connectivity index (χ2v) is 6.88. The molecular weight excluding hydrogens is 350 g/mol. The molecule has 27 heavy (non-hydrogen) atoms. The molecule has 1 amide bonds. The first kappa shape index (κ1) is 20.3. The molecule has 1 unspecified atom stereocenters. The van der Waals surface area contributed by atoms with Crippen molar-refractivity contribution < 1.29 is 19.2 Å². The second kappa shape index (κ2) is 8.57. The number of carbonyl (C=O) groups is 2. The van der Waals surface area contributed by atoms with Gasteiger partial charge in [-0.3, -0.25) is 24.7 Å². The molecule has 0 aliphatic heterocycles. The predicted molar refractivity (Wildman–Crippen MR) is 100 cm³/mol. The molecule has 8 heteroatoms. The van der Waals surface area contributed by atoms with Gasteiger partial charge in [0.15, 0.2) is 0 Å². The normalized spacial score (nSPS) is 12.1. The van der Waals surface area contributed by atoms with Crippen LogP contribution < -0.4 is 5.73 Å². The van der Waals surface area contributed by atoms with E-state index in [1.54, 1.807) is 19.1 Å². The van der Waals surface area contributed by atoms with Crippen LogP contribution in [0.15, 0.2) is 24.3 Å². The third-order valence-electron chi connectivity index (χ3n) is 4.14. The topological polar surface area (TPSA) is 125 Å². The lowest BCUT2D eigenvalue weighted by molar-refractivity contribution is -0.384. The minimum atomic E-state index is -0.715. The molecule has 1 atom stereocenters. The molecule has 1 aromatic carbocycles. The molecule has 0 bridgehead atoms. The molecule has 0 fully saturated rings. The van der Waals surface area contributed by atoms with E-state index in [1.165, 1.54) is 12.1 Å². The molecule has 2 aromatic rings. The Morgan fingerprint density at radius 1 is 1.30 bits per heavy atom. The van der Waals surface area contributed by atoms with Crippen molar-refractivity contribution in [1.29, 1.82) is 0 Å². The fourth-order valence-electron chi connectivity index (χ4n) is 2.78. The van der Waals surface area contributed by atoms with Gasteiger partial charge in [-0.05, 0) is 37.0 Å². The van der Waals surface area contributed by atoms with Gasteiger partial charge in [0.1, 0.15) is 0 Å². The Kier molecular flexibility index (Phi) is 6.44. The molecule has 0 aliphatic carbocycles. The number of fused-ring (bicyclic) bond motifs is 1. The van der Waals surface area contributed by atoms with Crippen molar-refractivity contribution in [1.82, 2.24) is 4.98 Å². The molecule has 144 valence electrons. The molecule has 2 rings (SSSR count). The minimum absolute atomic E-state index is 0.0217. The highest BCUT2D eigenvalue weighted by molar-refractivity contribution is 5.85. The van der Waals surface area contributed by atoms with Gasteiger partial charge >= 0.3 is 5.97 Å². The standard InChI is InChI=1S/C19H23N3O5/c1-11(2)10-27-19(24)15(5-7-18(20)23)16-9-13-8-14(22(25)26)4-6-17(13)21-12(16)3/h4,6,8-9,11,15H,5,7,10H2,1-3H3,(H2,20,23). The molecule has 2 N–H and O–H groups in total. The van der Waals surface area contributed by atoms with Gasteiger partial charge in [0.2, 0.25) is 5.91 Å². The Labute approximate surface area is 156 Å². The lowest BCUT2D eigenvalue weighted by Gasteiger charge is -2.19. The number of amides is 1. The van der Waals surface area contributed by atoms with Gasteiger partial charge in [0.05, 0.1) is 23.0 Å². The highest BCUT2D eigenvalue weighted by Gasteiger charge is 2.26. The first-order chi connectivity index (χ1) is 12.7. The Bertz CT molecular complexity index is 879. The second-order valence-electron chi connectivity index (χ2n) is 6.88. The number of benzene rings is 1. The fraction of sp³-hybridized carbons (Fsp3) is 0.421. The third-order valence-corrected chi connectivity index (χ3v) is 4.14. The smallest absolute Gasteiger partial charge is 0.313 e. The number of pyridine rings is 1. The number of hydrogen-bond acceptors (Lipinski definition) is 6. The summed E-state index contributed by atoms with van der Waals surface area (Å²) in [5.41, 5.74) is 6.96. The average molecular weight is 373 g/mol. The molecule has 8 nitrogen and oxygen atoms in total. The van der Waals surface area contributed by atoms with Crippen LogP contribution in [0.4, 0.5) is 5.69 Å². The van der Waals surface area contributed by atoms with E-state index in [-0.39, 0.29) is 31.1 Å². The van der Waals surface area contributed by atoms with E-state index >= 15 is 0 Å². The van der Waals surface area contributed by atoms with Crippen LogP contribution in [0.1, 0.15) is 43.9 Å². The van der Waals surface area contributed by atoms with Gasteiger partial charge in [-0.25, -0.2) is 0 Å². The van der Waals surface area contributed by atoms with Crippen molar-refractivity contribution in [2.75, 3.05) is 6.61 Å². The Balaban J connectivity index is 2.46. The maximum Gasteiger partial charge on any atom is 0.313 e. The first-order valence-electron chi connectivity index (χ1n) is 8.69. The average Bonchev–Trinajstić information content (AvgIpc) is 2.59. The summed E-state index contributed by atoms with van der Waals surface area (Å²) in [6.45, 7) is 5.86. The molecule has 0 radical (unpaired) electrons. The summed E-state index contributed by atoms with van der Waals surface area (Å²) >= 11 is 0. The Hall–Kier alpha value is -3.03. The number of carbonyl (C=O) groups excluding carboxylic acids is 2. The predicted octanol–water partition coefficient (Wildman–Crippen LogP) is 3.00. The number of ether oxygens (including phenoxy) is 1. The van der Waals surface area contributed by atoms with E-state index in [4.69, 9.17) is 10.5 Å². The van der Waals surface area contributed by atoms with E-state index in [9.17, 15) is 19.7 Å². The summed E-state index contributed by atoms with van der Waals surface area (Å²) in [7, 11) is 0. The highest BCUT2D eigenvalue weighted by Crippen LogP contribution is 2.30. The summed E-state index contributed by atoms with van der Waals surface area (Å²) < 4.78 is 5.35. The number of hydrogen-bond donors (Lipinski definition) is 1. The van der Waals surface area contributed by atoms with Crippen LogP contribution in [0.25, 0.3) is 10.9 Å². The molecule has 1 aromatic heterocycles. The van der Waals surface area contributed by atoms with E-state index < -0.39 is 22.7 Å². The zero-order valence-corrected chi connectivity index (χ0v) is 15.6. The third kappa shape index (κ3) is 5.22. The van der Waals surface area contributed by atoms with Gasteiger partial charge < -0.3 is 10.5 Å². The van der Waals surface area contributed by atoms with Gasteiger partial charge in [-0.15, -0.1) is 0 Å². The SMILES string of the molecule is Cc1nc2ccc([N+](=O)[O-])cc2cc1C(CCC(N)=O)C(=O)OCC(C)C. The number of primary amides is 1. The van der Waals surface area contributed by atoms with Crippen LogP contribution in [-0.2, 0) is 14.3 Å². The van der Waals surface area contributed by atoms with Crippen molar-refractivity contribution in [2.24, 2.45) is 11.7 Å². The number of non-ortho nitro benzene ring substituents is 1. The molecule has 0 saturated heterocycles. The highest BCUT2D eigenvalue weighted by atomic mass is 16.6. The number of nitrogens with zero attached hydrogens (tertiary/aromatic N) is 2. The fourth-order valence-corrected chi connectivity index (χ4v) is 2.78. The molecule has 1 heterocycles. The number of nitrogens with two attached hydrogens (primary N) is 1. The van der Waals surface area contributed by atoms with Crippen molar-refractivity contribution in [3.8, 4) is 0 Å². The van der Waals surface area contributed by atoms with Gasteiger partial charge in [0, 0.05) is 29.6 Å². The summed E-state index contributed by atoms with van der Waals surface area (Å²) in [5, 5.41) is 11.6. The number of nitro benzene ring substituents is 1. The van der Waals surface area contributed by atoms with Crippen LogP contribution in [0.3, 0.4) is 0 Å². The Morgan fingerprint density at radius 3 is 2.59 bits per heavy atom. The number of rotatable bonds is 8. The molecule has 0 saturated carbocycles. The first-order valence-corrected chi connectivity index (χ1v) is 8.69. The molecular formula is C19H23N3O5. The zero-order chi connectivity index (χ0) is 20.1.